The summed E-state index contributed by atoms with van der Waals surface area (Å²) >= 11 is 0. The molecule has 0 unspecified atom stereocenters. The fourth-order valence-electron chi connectivity index (χ4n) is 16.1. The molecule has 11 N–H and O–H groups in total. The quantitative estimate of drug-likeness (QED) is 0.0878. The molecular weight excluding hydrogens is 937 g/mol. The molecule has 0 bridgehead atoms. The number of ether oxygens (including phenoxy) is 7. The number of carboxylic acid groups (broad SMARTS) is 1. The third kappa shape index (κ3) is 8.62. The molecule has 0 aromatic rings. The highest BCUT2D eigenvalue weighted by Gasteiger charge is 2.74. The topological polar surface area (TPSA) is 338 Å². The van der Waals surface area contributed by atoms with Gasteiger partial charge in [-0.2, -0.15) is 0 Å². The fourth-order valence-corrected chi connectivity index (χ4v) is 16.1. The van der Waals surface area contributed by atoms with Gasteiger partial charge in [0, 0.05) is 6.92 Å². The third-order valence-electron chi connectivity index (χ3n) is 20.2. The monoisotopic (exact) mass is 1010 g/mol. The summed E-state index contributed by atoms with van der Waals surface area (Å²) < 4.78 is 40.3. The van der Waals surface area contributed by atoms with Gasteiger partial charge in [-0.05, 0) is 129 Å². The molecule has 404 valence electrons. The third-order valence-corrected chi connectivity index (χ3v) is 20.2. The van der Waals surface area contributed by atoms with Crippen LogP contribution in [0.4, 0.5) is 0 Å². The van der Waals surface area contributed by atoms with Crippen LogP contribution in [0.5, 0.6) is 0 Å². The van der Waals surface area contributed by atoms with Crippen molar-refractivity contribution in [1.29, 1.82) is 0 Å². The minimum absolute atomic E-state index is 0.0664. The van der Waals surface area contributed by atoms with E-state index in [9.17, 15) is 65.8 Å². The summed E-state index contributed by atoms with van der Waals surface area (Å²) in [6.07, 6.45) is -19.8. The second-order valence-corrected chi connectivity index (χ2v) is 23.3. The van der Waals surface area contributed by atoms with E-state index < -0.39 is 146 Å². The standard InChI is InChI=1S/C50H78O21/c1-21(18-51)24-10-15-50(17-16-47(5)25(31(24)50)8-9-28-46(4)13-12-30(67-23(3)53)49(7,44(62)63)29(46)11-14-48(28,47)6)45(64)71-43-38(60)35(57)33(55)27(69-43)20-65-41-39(61)36(58)40(26(19-52)68-41)70-42-37(59)34(56)32(54)22(2)66-42/h22,24-43,51-52,54-61H,1,8-20H2,2-7H3,(H,62,63)/t22-,24+,25+,26-,27-,28+,29+,30-,31-,32-,33-,34+,35+,36-,37-,38-,39-,40-,41-,42+,43+,46-,47+,48+,49-,50-/m0/s1. The van der Waals surface area contributed by atoms with Crippen molar-refractivity contribution in [2.45, 2.75) is 204 Å². The van der Waals surface area contributed by atoms with Crippen LogP contribution in [-0.2, 0) is 47.5 Å². The van der Waals surface area contributed by atoms with Gasteiger partial charge in [0.15, 0.2) is 12.6 Å². The minimum atomic E-state index is -1.91. The van der Waals surface area contributed by atoms with Gasteiger partial charge in [-0.3, -0.25) is 14.4 Å². The summed E-state index contributed by atoms with van der Waals surface area (Å²) in [7, 11) is 0. The van der Waals surface area contributed by atoms with Crippen LogP contribution in [0, 0.1) is 56.7 Å². The lowest BCUT2D eigenvalue weighted by Gasteiger charge is -2.72. The van der Waals surface area contributed by atoms with Gasteiger partial charge >= 0.3 is 17.9 Å². The van der Waals surface area contributed by atoms with Crippen molar-refractivity contribution in [3.8, 4) is 0 Å². The van der Waals surface area contributed by atoms with Gasteiger partial charge in [0.2, 0.25) is 6.29 Å². The Morgan fingerprint density at radius 2 is 1.30 bits per heavy atom. The van der Waals surface area contributed by atoms with E-state index >= 15 is 4.79 Å². The highest BCUT2D eigenvalue weighted by Crippen LogP contribution is 2.78. The van der Waals surface area contributed by atoms with E-state index in [2.05, 4.69) is 27.4 Å². The first-order valence-corrected chi connectivity index (χ1v) is 25.5. The van der Waals surface area contributed by atoms with Crippen LogP contribution in [0.15, 0.2) is 12.2 Å². The Balaban J connectivity index is 0.982. The zero-order chi connectivity index (χ0) is 52.1. The van der Waals surface area contributed by atoms with Gasteiger partial charge in [0.05, 0.1) is 31.3 Å². The van der Waals surface area contributed by atoms with Crippen LogP contribution >= 0.6 is 0 Å². The molecule has 21 heteroatoms. The first-order chi connectivity index (χ1) is 33.3. The normalized spacial score (nSPS) is 52.8. The number of aliphatic carboxylic acids is 1. The van der Waals surface area contributed by atoms with Gasteiger partial charge in [0.25, 0.3) is 0 Å². The van der Waals surface area contributed by atoms with Crippen LogP contribution in [0.3, 0.4) is 0 Å². The minimum Gasteiger partial charge on any atom is -0.481 e. The molecule has 0 spiro atoms. The van der Waals surface area contributed by atoms with Crippen LogP contribution in [0.25, 0.3) is 0 Å². The molecule has 8 rings (SSSR count). The molecule has 8 aliphatic rings. The maximum atomic E-state index is 15.0. The molecule has 0 aromatic carbocycles. The SMILES string of the molecule is C=C(CO)[C@H]1CC[C@]2(C(=O)O[C@H]3O[C@@H](CO[C@H]4O[C@@H](CO)[C@H](O[C@H]5O[C@@H](C)[C@H](O)[C@@H](O)[C@@H]5O)[C@@H](O)[C@@H]4O)[C@H](O)[C@@H](O)[C@@H]3O)CC[C@]3(C)[C@H](CC[C@@H]4[C@]5(C)CC[C@H](OC(C)=O)[C@@](C)(C(=O)O)[C@@H]5CC[C@]43C)[C@H]12. The molecule has 0 aromatic heterocycles. The number of fused-ring (bicyclic) bond motifs is 7. The Kier molecular flexibility index (Phi) is 15.4. The van der Waals surface area contributed by atoms with Gasteiger partial charge in [0.1, 0.15) is 78.7 Å². The van der Waals surface area contributed by atoms with E-state index in [4.69, 9.17) is 33.2 Å². The van der Waals surface area contributed by atoms with Crippen molar-refractivity contribution in [3.05, 3.63) is 12.2 Å². The van der Waals surface area contributed by atoms with Crippen LogP contribution in [0.2, 0.25) is 0 Å². The van der Waals surface area contributed by atoms with Crippen molar-refractivity contribution in [1.82, 2.24) is 0 Å². The van der Waals surface area contributed by atoms with Crippen LogP contribution in [-0.4, -0.2) is 192 Å². The van der Waals surface area contributed by atoms with Crippen molar-refractivity contribution in [2.75, 3.05) is 19.8 Å². The first kappa shape index (κ1) is 54.8. The number of esters is 2. The molecule has 21 nitrogen and oxygen atoms in total. The summed E-state index contributed by atoms with van der Waals surface area (Å²) in [6, 6.07) is 0. The second kappa shape index (κ2) is 19.9. The molecular formula is C50H78O21. The zero-order valence-electron chi connectivity index (χ0n) is 41.5. The lowest BCUT2D eigenvalue weighted by Crippen LogP contribution is -2.68. The van der Waals surface area contributed by atoms with Crippen molar-refractivity contribution in [3.63, 3.8) is 0 Å². The van der Waals surface area contributed by atoms with Crippen molar-refractivity contribution < 1.29 is 104 Å². The molecule has 5 saturated carbocycles. The molecule has 3 aliphatic heterocycles. The molecule has 71 heavy (non-hydrogen) atoms. The molecule has 3 heterocycles. The van der Waals surface area contributed by atoms with Crippen LogP contribution in [0.1, 0.15) is 106 Å². The fraction of sp³-hybridized carbons (Fsp3) is 0.900. The van der Waals surface area contributed by atoms with E-state index in [1.54, 1.807) is 6.92 Å². The number of hydrogen-bond donors (Lipinski definition) is 11. The number of carbonyl (C=O) groups excluding carboxylic acids is 2. The van der Waals surface area contributed by atoms with E-state index in [1.807, 2.05) is 0 Å². The maximum Gasteiger partial charge on any atom is 0.314 e. The molecule has 0 radical (unpaired) electrons. The maximum absolute atomic E-state index is 15.0. The number of aliphatic hydroxyl groups is 10. The Bertz CT molecular complexity index is 1990. The number of aliphatic hydroxyl groups excluding tert-OH is 10. The number of hydrogen-bond acceptors (Lipinski definition) is 20. The largest absolute Gasteiger partial charge is 0.481 e. The average Bonchev–Trinajstić information content (AvgIpc) is 3.73. The van der Waals surface area contributed by atoms with Gasteiger partial charge in [-0.25, -0.2) is 0 Å². The number of carbonyl (C=O) groups is 3. The van der Waals surface area contributed by atoms with E-state index in [1.165, 1.54) is 13.8 Å². The Morgan fingerprint density at radius 1 is 0.648 bits per heavy atom. The highest BCUT2D eigenvalue weighted by atomic mass is 16.8. The van der Waals surface area contributed by atoms with Gasteiger partial charge in [-0.1, -0.05) is 27.4 Å². The predicted octanol–water partition coefficient (Wildman–Crippen LogP) is -0.368. The predicted molar refractivity (Wildman–Crippen MR) is 242 cm³/mol. The summed E-state index contributed by atoms with van der Waals surface area (Å²) in [5, 5.41) is 118. The van der Waals surface area contributed by atoms with Crippen LogP contribution < -0.4 is 0 Å². The number of carboxylic acids is 1. The molecule has 26 atom stereocenters. The Morgan fingerprint density at radius 3 is 1.94 bits per heavy atom. The van der Waals surface area contributed by atoms with E-state index in [0.717, 1.165) is 6.42 Å². The molecule has 5 aliphatic carbocycles. The molecule has 3 saturated heterocycles. The van der Waals surface area contributed by atoms with E-state index in [0.29, 0.717) is 63.4 Å². The number of rotatable bonds is 12. The summed E-state index contributed by atoms with van der Waals surface area (Å²) in [5.41, 5.74) is -2.88. The lowest BCUT2D eigenvalue weighted by atomic mass is 9.32. The van der Waals surface area contributed by atoms with Gasteiger partial charge in [-0.15, -0.1) is 0 Å². The highest BCUT2D eigenvalue weighted by molar-refractivity contribution is 5.79. The zero-order valence-corrected chi connectivity index (χ0v) is 41.5. The van der Waals surface area contributed by atoms with E-state index in [-0.39, 0.29) is 47.0 Å². The Labute approximate surface area is 413 Å². The smallest absolute Gasteiger partial charge is 0.314 e. The second-order valence-electron chi connectivity index (χ2n) is 23.3. The Hall–Kier alpha value is -2.45. The average molecular weight is 1020 g/mol. The van der Waals surface area contributed by atoms with Gasteiger partial charge < -0.3 is 89.3 Å². The summed E-state index contributed by atoms with van der Waals surface area (Å²) in [4.78, 5) is 40.5. The summed E-state index contributed by atoms with van der Waals surface area (Å²) in [6.45, 7) is 13.8. The lowest BCUT2D eigenvalue weighted by molar-refractivity contribution is -0.361. The van der Waals surface area contributed by atoms with Crippen molar-refractivity contribution in [2.24, 2.45) is 56.7 Å². The molecule has 0 amide bonds. The first-order valence-electron chi connectivity index (χ1n) is 25.5. The van der Waals surface area contributed by atoms with Crippen molar-refractivity contribution >= 4 is 17.9 Å². The summed E-state index contributed by atoms with van der Waals surface area (Å²) in [5.74, 6) is -2.99. The molecule has 8 fully saturated rings.